The van der Waals surface area contributed by atoms with Gasteiger partial charge < -0.3 is 4.74 Å². The Morgan fingerprint density at radius 1 is 1.41 bits per heavy atom. The molecule has 0 atom stereocenters. The van der Waals surface area contributed by atoms with E-state index in [1.54, 1.807) is 0 Å². The van der Waals surface area contributed by atoms with Gasteiger partial charge >= 0.3 is 61.0 Å². The minimum absolute atomic E-state index is 0.0255. The van der Waals surface area contributed by atoms with Crippen molar-refractivity contribution in [3.05, 3.63) is 0 Å². The van der Waals surface area contributed by atoms with Gasteiger partial charge in [-0.2, -0.15) is 0 Å². The molecule has 0 aromatic carbocycles. The van der Waals surface area contributed by atoms with Crippen LogP contribution in [0.15, 0.2) is 0 Å². The summed E-state index contributed by atoms with van der Waals surface area (Å²) in [6, 6.07) is 0. The number of rotatable bonds is 2. The van der Waals surface area contributed by atoms with E-state index in [0.717, 1.165) is 19.3 Å². The fraction of sp³-hybridized carbons (Fsp3) is 0.818. The third kappa shape index (κ3) is 10.3. The minimum atomic E-state index is -0.105. The van der Waals surface area contributed by atoms with Crippen LogP contribution in [0, 0.1) is 5.75 Å². The van der Waals surface area contributed by atoms with Crippen molar-refractivity contribution >= 4 is 13.9 Å². The largest absolute Gasteiger partial charge is 0.466 e. The average Bonchev–Trinajstić information content (AvgIpc) is 2.46. The molecule has 1 aliphatic rings. The number of aliphatic hydroxyl groups is 1. The number of esters is 1. The number of quaternary nitrogens is 1. The van der Waals surface area contributed by atoms with Gasteiger partial charge in [0.05, 0.1) is 6.61 Å². The number of aliphatic hydroxyl groups excluding tert-OH is 1. The van der Waals surface area contributed by atoms with Crippen molar-refractivity contribution in [1.29, 1.82) is 0 Å². The number of cyclic esters (lactones) is 1. The molecule has 6 heteroatoms. The third-order valence-corrected chi connectivity index (χ3v) is 2.88. The number of ether oxygens (including phenoxy) is 1. The van der Waals surface area contributed by atoms with Crippen molar-refractivity contribution in [2.45, 2.75) is 25.7 Å². The van der Waals surface area contributed by atoms with Gasteiger partial charge in [-0.05, 0) is 19.3 Å². The number of carbonyl (C=O) groups excluding carboxylic acids is 1. The Hall–Kier alpha value is -0.600. The molecule has 0 aromatic rings. The monoisotopic (exact) mass is 262 g/mol. The summed E-state index contributed by atoms with van der Waals surface area (Å²) in [4.78, 5) is 10.5. The number of nitrogens with zero attached hydrogens (tertiary/aromatic N) is 1. The Labute approximate surface area is 103 Å². The molecule has 98 valence electrons. The van der Waals surface area contributed by atoms with E-state index >= 15 is 0 Å². The number of carbonyl (C=O) groups is 1. The predicted molar refractivity (Wildman–Crippen MR) is 65.0 cm³/mol. The van der Waals surface area contributed by atoms with E-state index in [1.165, 1.54) is 0 Å². The Morgan fingerprint density at radius 2 is 2.12 bits per heavy atom. The molecule has 0 amide bonds. The summed E-state index contributed by atoms with van der Waals surface area (Å²) in [6.45, 7) is 1.28. The first-order valence-corrected chi connectivity index (χ1v) is 6.52. The fourth-order valence-corrected chi connectivity index (χ4v) is 1.54. The summed E-state index contributed by atoms with van der Waals surface area (Å²) in [5.74, 6) is 2.59. The Kier molecular flexibility index (Phi) is 9.10. The van der Waals surface area contributed by atoms with Crippen LogP contribution in [0.3, 0.4) is 0 Å². The van der Waals surface area contributed by atoms with Crippen LogP contribution in [0.2, 0.25) is 0 Å². The molecule has 1 heterocycles. The number of hydrogen-bond donors (Lipinski definition) is 1. The van der Waals surface area contributed by atoms with E-state index in [-0.39, 0.29) is 20.5 Å². The Balaban J connectivity index is 0.000000302. The maximum atomic E-state index is 10.5. The molecule has 0 bridgehead atoms. The van der Waals surface area contributed by atoms with E-state index < -0.39 is 0 Å². The number of hydrogen-bond acceptors (Lipinski definition) is 4. The van der Waals surface area contributed by atoms with Gasteiger partial charge in [-0.3, -0.25) is 4.79 Å². The summed E-state index contributed by atoms with van der Waals surface area (Å²) in [6.07, 6.45) is 3.83. The zero-order valence-corrected chi connectivity index (χ0v) is 11.4. The Morgan fingerprint density at radius 3 is 2.71 bits per heavy atom. The second-order valence-corrected chi connectivity index (χ2v) is 4.74. The molecule has 5 nitrogen and oxygen atoms in total. The summed E-state index contributed by atoms with van der Waals surface area (Å²) in [7, 11) is 3.54. The molecule has 1 aliphatic heterocycles. The molecule has 0 aliphatic carbocycles. The minimum Gasteiger partial charge on any atom is -0.466 e. The second-order valence-electron chi connectivity index (χ2n) is 4.35. The van der Waals surface area contributed by atoms with Crippen LogP contribution in [0.5, 0.6) is 0 Å². The van der Waals surface area contributed by atoms with Crippen molar-refractivity contribution in [3.63, 3.8) is 0 Å². The molecule has 0 aromatic heterocycles. The summed E-state index contributed by atoms with van der Waals surface area (Å²) in [5, 5.41) is 8.47. The summed E-state index contributed by atoms with van der Waals surface area (Å²) < 4.78 is 15.1. The van der Waals surface area contributed by atoms with Crippen LogP contribution in [-0.2, 0) is 14.1 Å². The van der Waals surface area contributed by atoms with E-state index in [1.807, 2.05) is 14.1 Å². The van der Waals surface area contributed by atoms with Crippen molar-refractivity contribution in [3.8, 4) is 5.75 Å². The first-order chi connectivity index (χ1) is 8.02. The first kappa shape index (κ1) is 16.4. The topological polar surface area (TPSA) is 63.6 Å². The Bertz CT molecular complexity index is 313. The van der Waals surface area contributed by atoms with Gasteiger partial charge in [0.1, 0.15) is 0 Å². The van der Waals surface area contributed by atoms with Crippen LogP contribution in [0.25, 0.3) is 0 Å². The maximum Gasteiger partial charge on any atom is 0.305 e. The van der Waals surface area contributed by atoms with E-state index in [4.69, 9.17) is 9.84 Å². The standard InChI is InChI=1S/C6H10O2.C5H11NO2P/c7-6-4-2-1-3-5-8-6;1-6(2,3-4-7)5-9-8/h1-5H2;7H,3-4H2,1-2H3/q;+1. The molecular weight excluding hydrogens is 241 g/mol. The molecule has 0 unspecified atom stereocenters. The normalized spacial score (nSPS) is 15.8. The molecule has 1 fully saturated rings. The molecule has 0 spiro atoms. The summed E-state index contributed by atoms with van der Waals surface area (Å²) >= 11 is 0. The van der Waals surface area contributed by atoms with Crippen LogP contribution in [0.1, 0.15) is 25.7 Å². The van der Waals surface area contributed by atoms with Crippen LogP contribution >= 0.6 is 7.92 Å². The molecule has 1 N–H and O–H groups in total. The van der Waals surface area contributed by atoms with Gasteiger partial charge in [0.2, 0.25) is 0 Å². The smallest absolute Gasteiger partial charge is 0.305 e. The van der Waals surface area contributed by atoms with Gasteiger partial charge in [-0.15, -0.1) is 0 Å². The van der Waals surface area contributed by atoms with Gasteiger partial charge in [0, 0.05) is 6.42 Å². The van der Waals surface area contributed by atoms with Gasteiger partial charge in [0.15, 0.2) is 0 Å². The average molecular weight is 262 g/mol. The second kappa shape index (κ2) is 9.43. The zero-order chi connectivity index (χ0) is 13.1. The molecule has 1 rings (SSSR count). The van der Waals surface area contributed by atoms with E-state index in [9.17, 15) is 9.36 Å². The number of likely N-dealkylation sites (N-methyl/N-ethyl adjacent to an activating group) is 1. The fourth-order valence-electron chi connectivity index (χ4n) is 1.22. The molecule has 1 saturated heterocycles. The maximum absolute atomic E-state index is 10.5. The van der Waals surface area contributed by atoms with Gasteiger partial charge in [-0.1, -0.05) is 0 Å². The first-order valence-electron chi connectivity index (χ1n) is 5.71. The summed E-state index contributed by atoms with van der Waals surface area (Å²) in [5.41, 5.74) is 0. The van der Waals surface area contributed by atoms with Crippen molar-refractivity contribution < 1.29 is 23.7 Å². The third-order valence-electron chi connectivity index (χ3n) is 2.26. The van der Waals surface area contributed by atoms with Crippen LogP contribution < -0.4 is 0 Å². The van der Waals surface area contributed by atoms with Gasteiger partial charge in [-0.25, -0.2) is 0 Å². The quantitative estimate of drug-likeness (QED) is 0.464. The van der Waals surface area contributed by atoms with Crippen molar-refractivity contribution in [2.75, 3.05) is 33.9 Å². The van der Waals surface area contributed by atoms with Gasteiger partial charge in [0.25, 0.3) is 0 Å². The van der Waals surface area contributed by atoms with E-state index in [0.29, 0.717) is 24.1 Å². The predicted octanol–water partition coefficient (Wildman–Crippen LogP) is 1.37. The molecule has 0 saturated carbocycles. The molecular formula is C11H21NO4P+. The SMILES string of the molecule is C[N+](C)(C#P=O)CCO.O=C1CCCCCO1. The molecule has 0 radical (unpaired) electrons. The van der Waals surface area contributed by atoms with E-state index in [2.05, 4.69) is 5.75 Å². The molecule has 17 heavy (non-hydrogen) atoms. The zero-order valence-electron chi connectivity index (χ0n) is 10.5. The van der Waals surface area contributed by atoms with Crippen LogP contribution in [-0.4, -0.2) is 49.4 Å². The van der Waals surface area contributed by atoms with Crippen molar-refractivity contribution in [2.24, 2.45) is 0 Å². The van der Waals surface area contributed by atoms with Crippen LogP contribution in [0.4, 0.5) is 0 Å². The van der Waals surface area contributed by atoms with Crippen molar-refractivity contribution in [1.82, 2.24) is 0 Å².